The number of aryl methyl sites for hydroxylation is 1. The first-order valence-corrected chi connectivity index (χ1v) is 7.12. The lowest BCUT2D eigenvalue weighted by Crippen LogP contribution is -1.92. The molecule has 2 N–H and O–H groups in total. The number of ether oxygens (including phenoxy) is 1. The van der Waals surface area contributed by atoms with Gasteiger partial charge in [-0.25, -0.2) is 0 Å². The highest BCUT2D eigenvalue weighted by Crippen LogP contribution is 2.35. The van der Waals surface area contributed by atoms with Crippen LogP contribution in [0.3, 0.4) is 0 Å². The van der Waals surface area contributed by atoms with Crippen LogP contribution in [0, 0.1) is 6.92 Å². The summed E-state index contributed by atoms with van der Waals surface area (Å²) in [4.78, 5) is 0. The number of benzene rings is 2. The van der Waals surface area contributed by atoms with E-state index in [1.165, 1.54) is 0 Å². The van der Waals surface area contributed by atoms with Crippen molar-refractivity contribution in [3.05, 3.63) is 49.9 Å². The molecule has 0 radical (unpaired) electrons. The van der Waals surface area contributed by atoms with E-state index in [0.29, 0.717) is 16.5 Å². The van der Waals surface area contributed by atoms with Gasteiger partial charge in [0.2, 0.25) is 0 Å². The lowest BCUT2D eigenvalue weighted by atomic mass is 10.2. The molecule has 0 atom stereocenters. The average Bonchev–Trinajstić information content (AvgIpc) is 2.29. The molecule has 0 aliphatic carbocycles. The van der Waals surface area contributed by atoms with E-state index >= 15 is 0 Å². The Morgan fingerprint density at radius 3 is 2.50 bits per heavy atom. The van der Waals surface area contributed by atoms with Gasteiger partial charge in [0.25, 0.3) is 0 Å². The Labute approximate surface area is 127 Å². The minimum absolute atomic E-state index is 0.490. The summed E-state index contributed by atoms with van der Waals surface area (Å²) < 4.78 is 7.67. The van der Waals surface area contributed by atoms with Crippen molar-refractivity contribution in [2.75, 3.05) is 5.73 Å². The van der Waals surface area contributed by atoms with Crippen molar-refractivity contribution >= 4 is 49.1 Å². The minimum atomic E-state index is 0.490. The van der Waals surface area contributed by atoms with Crippen LogP contribution in [0.4, 0.5) is 5.69 Å². The van der Waals surface area contributed by atoms with Gasteiger partial charge in [0.1, 0.15) is 11.5 Å². The second kappa shape index (κ2) is 5.51. The molecule has 2 aromatic carbocycles. The van der Waals surface area contributed by atoms with Crippen LogP contribution in [0.5, 0.6) is 11.5 Å². The molecule has 0 fully saturated rings. The number of hydrogen-bond acceptors (Lipinski definition) is 2. The van der Waals surface area contributed by atoms with Crippen LogP contribution in [-0.2, 0) is 0 Å². The Morgan fingerprint density at radius 1 is 1.11 bits per heavy atom. The molecule has 0 spiro atoms. The summed E-state index contributed by atoms with van der Waals surface area (Å²) in [5.41, 5.74) is 7.22. The molecule has 0 aliphatic heterocycles. The summed E-state index contributed by atoms with van der Waals surface area (Å²) in [7, 11) is 0. The minimum Gasteiger partial charge on any atom is -0.456 e. The van der Waals surface area contributed by atoms with Crippen molar-refractivity contribution in [3.63, 3.8) is 0 Å². The number of anilines is 1. The maximum absolute atomic E-state index is 5.99. The van der Waals surface area contributed by atoms with Crippen LogP contribution in [0.1, 0.15) is 5.56 Å². The maximum Gasteiger partial charge on any atom is 0.141 e. The van der Waals surface area contributed by atoms with Crippen LogP contribution in [0.25, 0.3) is 0 Å². The molecule has 0 unspecified atom stereocenters. The molecule has 0 saturated carbocycles. The Bertz CT molecular complexity index is 602. The molecule has 0 aromatic heterocycles. The average molecular weight is 391 g/mol. The molecule has 0 heterocycles. The van der Waals surface area contributed by atoms with Gasteiger partial charge >= 0.3 is 0 Å². The summed E-state index contributed by atoms with van der Waals surface area (Å²) in [6, 6.07) is 9.22. The van der Waals surface area contributed by atoms with Crippen LogP contribution in [0.2, 0.25) is 5.02 Å². The molecule has 2 rings (SSSR count). The van der Waals surface area contributed by atoms with Crippen LogP contribution < -0.4 is 10.5 Å². The van der Waals surface area contributed by atoms with E-state index in [4.69, 9.17) is 22.1 Å². The highest BCUT2D eigenvalue weighted by Gasteiger charge is 2.08. The topological polar surface area (TPSA) is 35.2 Å². The lowest BCUT2D eigenvalue weighted by Gasteiger charge is -2.12. The molecular weight excluding hydrogens is 381 g/mol. The van der Waals surface area contributed by atoms with Gasteiger partial charge in [-0.1, -0.05) is 27.5 Å². The molecule has 2 aromatic rings. The van der Waals surface area contributed by atoms with E-state index in [1.807, 2.05) is 25.1 Å². The fraction of sp³-hybridized carbons (Fsp3) is 0.0769. The monoisotopic (exact) mass is 389 g/mol. The van der Waals surface area contributed by atoms with Gasteiger partial charge in [0, 0.05) is 10.5 Å². The highest BCUT2D eigenvalue weighted by molar-refractivity contribution is 9.11. The first-order chi connectivity index (χ1) is 8.47. The summed E-state index contributed by atoms with van der Waals surface area (Å²) in [6.45, 7) is 1.93. The van der Waals surface area contributed by atoms with Gasteiger partial charge < -0.3 is 10.5 Å². The van der Waals surface area contributed by atoms with Gasteiger partial charge in [0.15, 0.2) is 0 Å². The molecule has 18 heavy (non-hydrogen) atoms. The zero-order valence-corrected chi connectivity index (χ0v) is 13.4. The Morgan fingerprint density at radius 2 is 1.83 bits per heavy atom. The van der Waals surface area contributed by atoms with Gasteiger partial charge in [0.05, 0.1) is 15.2 Å². The lowest BCUT2D eigenvalue weighted by molar-refractivity contribution is 0.476. The van der Waals surface area contributed by atoms with Gasteiger partial charge in [-0.3, -0.25) is 0 Å². The summed E-state index contributed by atoms with van der Waals surface area (Å²) in [5, 5.41) is 0.490. The first kappa shape index (κ1) is 13.7. The molecule has 94 valence electrons. The smallest absolute Gasteiger partial charge is 0.141 e. The van der Waals surface area contributed by atoms with Crippen LogP contribution >= 0.6 is 43.5 Å². The summed E-state index contributed by atoms with van der Waals surface area (Å²) >= 11 is 12.8. The normalized spacial score (nSPS) is 10.4. The number of rotatable bonds is 2. The maximum atomic E-state index is 5.99. The Hall–Kier alpha value is -0.710. The molecule has 5 heteroatoms. The molecule has 0 bridgehead atoms. The van der Waals surface area contributed by atoms with Crippen molar-refractivity contribution in [1.82, 2.24) is 0 Å². The van der Waals surface area contributed by atoms with Crippen molar-refractivity contribution in [2.24, 2.45) is 0 Å². The third-order valence-corrected chi connectivity index (χ3v) is 3.85. The fourth-order valence-electron chi connectivity index (χ4n) is 1.47. The highest BCUT2D eigenvalue weighted by atomic mass is 79.9. The first-order valence-electron chi connectivity index (χ1n) is 5.16. The summed E-state index contributed by atoms with van der Waals surface area (Å²) in [6.07, 6.45) is 0. The van der Waals surface area contributed by atoms with E-state index < -0.39 is 0 Å². The van der Waals surface area contributed by atoms with E-state index in [1.54, 1.807) is 12.1 Å². The standard InChI is InChI=1S/C13H10Br2ClNO/c1-7-4-11(17)10(16)6-13(7)18-12-3-2-8(14)5-9(12)15/h2-6H,17H2,1H3. The van der Waals surface area contributed by atoms with Crippen molar-refractivity contribution < 1.29 is 4.74 Å². The van der Waals surface area contributed by atoms with Crippen LogP contribution in [-0.4, -0.2) is 0 Å². The van der Waals surface area contributed by atoms with Crippen molar-refractivity contribution in [3.8, 4) is 11.5 Å². The predicted molar refractivity (Wildman–Crippen MR) is 82.5 cm³/mol. The van der Waals surface area contributed by atoms with Gasteiger partial charge in [-0.15, -0.1) is 0 Å². The number of nitrogen functional groups attached to an aromatic ring is 1. The molecule has 0 amide bonds. The predicted octanol–water partition coefficient (Wildman–Crippen LogP) is 5.55. The zero-order valence-electron chi connectivity index (χ0n) is 9.51. The van der Waals surface area contributed by atoms with Gasteiger partial charge in [-0.2, -0.15) is 0 Å². The number of halogens is 3. The van der Waals surface area contributed by atoms with E-state index in [0.717, 1.165) is 20.3 Å². The fourth-order valence-corrected chi connectivity index (χ4v) is 2.75. The summed E-state index contributed by atoms with van der Waals surface area (Å²) in [5.74, 6) is 1.42. The van der Waals surface area contributed by atoms with E-state index in [-0.39, 0.29) is 0 Å². The SMILES string of the molecule is Cc1cc(N)c(Cl)cc1Oc1ccc(Br)cc1Br. The van der Waals surface area contributed by atoms with E-state index in [9.17, 15) is 0 Å². The third kappa shape index (κ3) is 2.99. The van der Waals surface area contributed by atoms with Crippen molar-refractivity contribution in [1.29, 1.82) is 0 Å². The Kier molecular flexibility index (Phi) is 4.20. The third-order valence-electron chi connectivity index (χ3n) is 2.41. The molecule has 2 nitrogen and oxygen atoms in total. The number of nitrogens with two attached hydrogens (primary N) is 1. The largest absolute Gasteiger partial charge is 0.456 e. The van der Waals surface area contributed by atoms with Gasteiger partial charge in [-0.05, 0) is 52.7 Å². The Balaban J connectivity index is 2.37. The number of hydrogen-bond donors (Lipinski definition) is 1. The van der Waals surface area contributed by atoms with Crippen LogP contribution in [0.15, 0.2) is 39.3 Å². The molecular formula is C13H10Br2ClNO. The molecule has 0 saturated heterocycles. The second-order valence-corrected chi connectivity index (χ2v) is 5.99. The second-order valence-electron chi connectivity index (χ2n) is 3.82. The quantitative estimate of drug-likeness (QED) is 0.682. The van der Waals surface area contributed by atoms with E-state index in [2.05, 4.69) is 31.9 Å². The molecule has 0 aliphatic rings. The zero-order chi connectivity index (χ0) is 13.3. The van der Waals surface area contributed by atoms with Crippen molar-refractivity contribution in [2.45, 2.75) is 6.92 Å².